The van der Waals surface area contributed by atoms with E-state index in [1.807, 2.05) is 17.6 Å². The molecule has 17 heavy (non-hydrogen) atoms. The summed E-state index contributed by atoms with van der Waals surface area (Å²) in [6.45, 7) is -0.250. The Kier molecular flexibility index (Phi) is 3.93. The summed E-state index contributed by atoms with van der Waals surface area (Å²) in [6.07, 6.45) is 4.13. The summed E-state index contributed by atoms with van der Waals surface area (Å²) >= 11 is 1.66. The minimum absolute atomic E-state index is 0.250. The summed E-state index contributed by atoms with van der Waals surface area (Å²) in [5.41, 5.74) is 2.89. The SMILES string of the molecule is O=CO.c1cc(OC2CCC2)c2ncsc2c1. The largest absolute Gasteiger partial charge is 0.488 e. The topological polar surface area (TPSA) is 59.4 Å². The molecule has 1 N–H and O–H groups in total. The maximum absolute atomic E-state index is 8.36. The van der Waals surface area contributed by atoms with Gasteiger partial charge in [0, 0.05) is 0 Å². The van der Waals surface area contributed by atoms with Crippen molar-refractivity contribution < 1.29 is 14.6 Å². The lowest BCUT2D eigenvalue weighted by molar-refractivity contribution is -0.122. The van der Waals surface area contributed by atoms with Crippen molar-refractivity contribution in [1.29, 1.82) is 0 Å². The van der Waals surface area contributed by atoms with Crippen molar-refractivity contribution in [3.05, 3.63) is 23.7 Å². The van der Waals surface area contributed by atoms with Crippen LogP contribution in [-0.2, 0) is 4.79 Å². The zero-order valence-electron chi connectivity index (χ0n) is 9.20. The minimum Gasteiger partial charge on any atom is -0.488 e. The molecule has 1 aromatic carbocycles. The van der Waals surface area contributed by atoms with Gasteiger partial charge in [0.15, 0.2) is 0 Å². The number of hydrogen-bond donors (Lipinski definition) is 1. The molecule has 0 radical (unpaired) electrons. The number of rotatable bonds is 2. The normalized spacial score (nSPS) is 14.6. The molecular weight excluding hydrogens is 238 g/mol. The number of benzene rings is 1. The third kappa shape index (κ3) is 2.74. The van der Waals surface area contributed by atoms with Gasteiger partial charge < -0.3 is 9.84 Å². The molecule has 1 saturated carbocycles. The standard InChI is InChI=1S/C11H11NOS.CH2O2/c1-3-8(4-1)13-9-5-2-6-10-11(9)12-7-14-10;2-1-3/h2,5-8H,1,3-4H2;1H,(H,2,3). The highest BCUT2D eigenvalue weighted by Gasteiger charge is 2.20. The lowest BCUT2D eigenvalue weighted by atomic mass is 9.96. The van der Waals surface area contributed by atoms with Gasteiger partial charge in [-0.2, -0.15) is 0 Å². The third-order valence-corrected chi connectivity index (χ3v) is 3.46. The van der Waals surface area contributed by atoms with E-state index >= 15 is 0 Å². The number of fused-ring (bicyclic) bond motifs is 1. The van der Waals surface area contributed by atoms with Crippen molar-refractivity contribution in [1.82, 2.24) is 4.98 Å². The summed E-state index contributed by atoms with van der Waals surface area (Å²) in [6, 6.07) is 6.13. The van der Waals surface area contributed by atoms with E-state index < -0.39 is 0 Å². The van der Waals surface area contributed by atoms with Crippen LogP contribution in [-0.4, -0.2) is 22.7 Å². The molecule has 1 aliphatic carbocycles. The number of ether oxygens (including phenoxy) is 1. The van der Waals surface area contributed by atoms with Crippen LogP contribution >= 0.6 is 11.3 Å². The predicted molar refractivity (Wildman–Crippen MR) is 66.6 cm³/mol. The lowest BCUT2D eigenvalue weighted by Crippen LogP contribution is -2.24. The second-order valence-electron chi connectivity index (χ2n) is 3.73. The van der Waals surface area contributed by atoms with Gasteiger partial charge in [0.05, 0.1) is 16.3 Å². The van der Waals surface area contributed by atoms with E-state index in [1.54, 1.807) is 11.3 Å². The number of thiazole rings is 1. The van der Waals surface area contributed by atoms with E-state index in [9.17, 15) is 0 Å². The van der Waals surface area contributed by atoms with E-state index in [0.717, 1.165) is 11.3 Å². The van der Waals surface area contributed by atoms with E-state index in [-0.39, 0.29) is 6.47 Å². The maximum atomic E-state index is 8.36. The highest BCUT2D eigenvalue weighted by Crippen LogP contribution is 2.31. The Bertz CT molecular complexity index is 493. The Morgan fingerprint density at radius 3 is 2.88 bits per heavy atom. The van der Waals surface area contributed by atoms with Crippen LogP contribution in [0, 0.1) is 0 Å². The second kappa shape index (κ2) is 5.63. The third-order valence-electron chi connectivity index (χ3n) is 2.67. The lowest BCUT2D eigenvalue weighted by Gasteiger charge is -2.26. The van der Waals surface area contributed by atoms with Crippen molar-refractivity contribution in [2.45, 2.75) is 25.4 Å². The Morgan fingerprint density at radius 2 is 2.24 bits per heavy atom. The van der Waals surface area contributed by atoms with Gasteiger partial charge in [-0.05, 0) is 31.4 Å². The van der Waals surface area contributed by atoms with Gasteiger partial charge >= 0.3 is 0 Å². The number of carbonyl (C=O) groups is 1. The fourth-order valence-corrected chi connectivity index (χ4v) is 2.32. The average Bonchev–Trinajstić information content (AvgIpc) is 2.73. The first-order chi connectivity index (χ1) is 8.35. The van der Waals surface area contributed by atoms with Crippen LogP contribution in [0.15, 0.2) is 23.7 Å². The molecule has 0 amide bonds. The quantitative estimate of drug-likeness (QED) is 0.834. The van der Waals surface area contributed by atoms with Crippen molar-refractivity contribution in [2.24, 2.45) is 0 Å². The number of carboxylic acid groups (broad SMARTS) is 1. The van der Waals surface area contributed by atoms with Gasteiger partial charge in [0.25, 0.3) is 6.47 Å². The number of para-hydroxylation sites is 1. The van der Waals surface area contributed by atoms with Crippen LogP contribution in [0.3, 0.4) is 0 Å². The summed E-state index contributed by atoms with van der Waals surface area (Å²) in [7, 11) is 0. The first-order valence-corrected chi connectivity index (χ1v) is 6.30. The van der Waals surface area contributed by atoms with Crippen LogP contribution in [0.5, 0.6) is 5.75 Å². The van der Waals surface area contributed by atoms with E-state index in [1.165, 1.54) is 24.0 Å². The Labute approximate surface area is 103 Å². The van der Waals surface area contributed by atoms with Crippen molar-refractivity contribution in [3.8, 4) is 5.75 Å². The Morgan fingerprint density at radius 1 is 1.47 bits per heavy atom. The van der Waals surface area contributed by atoms with Crippen LogP contribution < -0.4 is 4.74 Å². The molecule has 0 atom stereocenters. The summed E-state index contributed by atoms with van der Waals surface area (Å²) < 4.78 is 7.08. The van der Waals surface area contributed by atoms with Crippen molar-refractivity contribution in [2.75, 3.05) is 0 Å². The molecule has 1 fully saturated rings. The first kappa shape index (κ1) is 11.9. The monoisotopic (exact) mass is 251 g/mol. The average molecular weight is 251 g/mol. The molecule has 0 saturated heterocycles. The zero-order valence-corrected chi connectivity index (χ0v) is 10.0. The van der Waals surface area contributed by atoms with Crippen LogP contribution in [0.1, 0.15) is 19.3 Å². The Balaban J connectivity index is 0.000000329. The molecule has 0 unspecified atom stereocenters. The summed E-state index contributed by atoms with van der Waals surface area (Å²) in [5, 5.41) is 6.89. The van der Waals surface area contributed by atoms with Gasteiger partial charge in [0.1, 0.15) is 11.3 Å². The molecule has 2 aromatic rings. The second-order valence-corrected chi connectivity index (χ2v) is 4.62. The van der Waals surface area contributed by atoms with E-state index in [2.05, 4.69) is 11.1 Å². The summed E-state index contributed by atoms with van der Waals surface area (Å²) in [4.78, 5) is 12.7. The van der Waals surface area contributed by atoms with Crippen LogP contribution in [0.25, 0.3) is 10.2 Å². The maximum Gasteiger partial charge on any atom is 0.290 e. The zero-order chi connectivity index (χ0) is 12.1. The molecule has 90 valence electrons. The molecule has 0 spiro atoms. The van der Waals surface area contributed by atoms with E-state index in [4.69, 9.17) is 14.6 Å². The number of hydrogen-bond acceptors (Lipinski definition) is 4. The number of nitrogens with zero attached hydrogens (tertiary/aromatic N) is 1. The molecule has 1 heterocycles. The molecule has 0 aliphatic heterocycles. The van der Waals surface area contributed by atoms with Crippen LogP contribution in [0.4, 0.5) is 0 Å². The molecule has 3 rings (SSSR count). The molecule has 0 bridgehead atoms. The highest BCUT2D eigenvalue weighted by molar-refractivity contribution is 7.16. The molecule has 5 heteroatoms. The van der Waals surface area contributed by atoms with Gasteiger partial charge in [-0.15, -0.1) is 11.3 Å². The molecule has 1 aromatic heterocycles. The Hall–Kier alpha value is -1.62. The number of aromatic nitrogens is 1. The van der Waals surface area contributed by atoms with E-state index in [0.29, 0.717) is 6.10 Å². The van der Waals surface area contributed by atoms with Gasteiger partial charge in [-0.25, -0.2) is 4.98 Å². The van der Waals surface area contributed by atoms with Gasteiger partial charge in [-0.1, -0.05) is 6.07 Å². The van der Waals surface area contributed by atoms with Gasteiger partial charge in [-0.3, -0.25) is 4.79 Å². The van der Waals surface area contributed by atoms with Crippen molar-refractivity contribution in [3.63, 3.8) is 0 Å². The molecule has 4 nitrogen and oxygen atoms in total. The highest BCUT2D eigenvalue weighted by atomic mass is 32.1. The minimum atomic E-state index is -0.250. The molecule has 1 aliphatic rings. The van der Waals surface area contributed by atoms with Crippen LogP contribution in [0.2, 0.25) is 0 Å². The van der Waals surface area contributed by atoms with Crippen molar-refractivity contribution >= 4 is 28.0 Å². The fraction of sp³-hybridized carbons (Fsp3) is 0.333. The predicted octanol–water partition coefficient (Wildman–Crippen LogP) is 2.93. The smallest absolute Gasteiger partial charge is 0.290 e. The first-order valence-electron chi connectivity index (χ1n) is 5.42. The fourth-order valence-electron chi connectivity index (χ4n) is 1.62. The molecular formula is C12H13NO3S. The van der Waals surface area contributed by atoms with Gasteiger partial charge in [0.2, 0.25) is 0 Å². The summed E-state index contributed by atoms with van der Waals surface area (Å²) in [5.74, 6) is 0.952.